The van der Waals surface area contributed by atoms with E-state index in [1.54, 1.807) is 0 Å². The highest BCUT2D eigenvalue weighted by molar-refractivity contribution is 5.35. The van der Waals surface area contributed by atoms with E-state index >= 15 is 0 Å². The highest BCUT2D eigenvalue weighted by atomic mass is 19.3. The van der Waals surface area contributed by atoms with E-state index in [-0.39, 0.29) is 42.9 Å². The fourth-order valence-corrected chi connectivity index (χ4v) is 5.16. The third-order valence-electron chi connectivity index (χ3n) is 7.24. The SMILES string of the molecule is CCCC1COC(C2CCC(C(F)(F)Oc3cc(F)c(C(F)(F)Oc4ccc(OC=C(F)F)cc4)c(F)c3)CC2)OC1. The van der Waals surface area contributed by atoms with Gasteiger partial charge in [0, 0.05) is 24.0 Å². The van der Waals surface area contributed by atoms with Crippen LogP contribution in [0.15, 0.2) is 48.7 Å². The molecule has 0 radical (unpaired) electrons. The van der Waals surface area contributed by atoms with Crippen LogP contribution < -0.4 is 14.2 Å². The van der Waals surface area contributed by atoms with Gasteiger partial charge in [-0.2, -0.15) is 26.3 Å². The fourth-order valence-electron chi connectivity index (χ4n) is 5.16. The molecule has 13 heteroatoms. The van der Waals surface area contributed by atoms with Crippen molar-refractivity contribution in [3.05, 3.63) is 65.9 Å². The molecule has 42 heavy (non-hydrogen) atoms. The lowest BCUT2D eigenvalue weighted by molar-refractivity contribution is -0.247. The average Bonchev–Trinajstić information content (AvgIpc) is 2.92. The minimum atomic E-state index is -4.57. The largest absolute Gasteiger partial charge is 0.459 e. The molecule has 1 aliphatic carbocycles. The Balaban J connectivity index is 1.36. The van der Waals surface area contributed by atoms with Gasteiger partial charge in [0.05, 0.1) is 19.1 Å². The van der Waals surface area contributed by atoms with E-state index in [4.69, 9.17) is 9.47 Å². The van der Waals surface area contributed by atoms with Crippen LogP contribution in [-0.4, -0.2) is 25.6 Å². The monoisotopic (exact) mass is 610 g/mol. The molecule has 0 amide bonds. The second-order valence-corrected chi connectivity index (χ2v) is 10.3. The number of halogens is 8. The molecule has 5 nitrogen and oxygen atoms in total. The van der Waals surface area contributed by atoms with E-state index in [1.165, 1.54) is 0 Å². The lowest BCUT2D eigenvalue weighted by atomic mass is 9.80. The summed E-state index contributed by atoms with van der Waals surface area (Å²) in [6.07, 6.45) is -8.07. The van der Waals surface area contributed by atoms with Crippen molar-refractivity contribution in [3.8, 4) is 17.2 Å². The fraction of sp³-hybridized carbons (Fsp3) is 0.517. The average molecular weight is 611 g/mol. The Hall–Kier alpha value is -3.06. The molecular formula is C29H30F8O5. The van der Waals surface area contributed by atoms with Crippen molar-refractivity contribution in [1.29, 1.82) is 0 Å². The van der Waals surface area contributed by atoms with Crippen LogP contribution in [0, 0.1) is 29.4 Å². The van der Waals surface area contributed by atoms with Crippen LogP contribution in [-0.2, 0) is 15.6 Å². The summed E-state index contributed by atoms with van der Waals surface area (Å²) in [6.45, 7) is 3.17. The summed E-state index contributed by atoms with van der Waals surface area (Å²) in [5.74, 6) is -6.47. The zero-order chi connectivity index (χ0) is 30.5. The predicted molar refractivity (Wildman–Crippen MR) is 133 cm³/mol. The highest BCUT2D eigenvalue weighted by Gasteiger charge is 2.47. The zero-order valence-electron chi connectivity index (χ0n) is 22.6. The van der Waals surface area contributed by atoms with E-state index in [9.17, 15) is 35.1 Å². The molecule has 2 fully saturated rings. The van der Waals surface area contributed by atoms with Crippen LogP contribution in [0.4, 0.5) is 35.1 Å². The van der Waals surface area contributed by atoms with Crippen molar-refractivity contribution in [2.45, 2.75) is 64.0 Å². The summed E-state index contributed by atoms with van der Waals surface area (Å²) in [5.41, 5.74) is -1.82. The van der Waals surface area contributed by atoms with Gasteiger partial charge in [-0.15, -0.1) is 0 Å². The normalized spacial score (nSPS) is 23.3. The van der Waals surface area contributed by atoms with Gasteiger partial charge < -0.3 is 23.7 Å². The Morgan fingerprint density at radius 1 is 0.857 bits per heavy atom. The Kier molecular flexibility index (Phi) is 10.2. The molecule has 1 heterocycles. The van der Waals surface area contributed by atoms with E-state index < -0.39 is 59.2 Å². The number of benzene rings is 2. The molecule has 0 bridgehead atoms. The minimum absolute atomic E-state index is 0.0388. The number of hydrogen-bond acceptors (Lipinski definition) is 5. The topological polar surface area (TPSA) is 46.2 Å². The van der Waals surface area contributed by atoms with Crippen molar-refractivity contribution >= 4 is 0 Å². The van der Waals surface area contributed by atoms with Crippen LogP contribution in [0.25, 0.3) is 0 Å². The number of ether oxygens (including phenoxy) is 5. The lowest BCUT2D eigenvalue weighted by Crippen LogP contribution is -2.42. The van der Waals surface area contributed by atoms with Gasteiger partial charge in [0.1, 0.15) is 34.4 Å². The Bertz CT molecular complexity index is 1180. The van der Waals surface area contributed by atoms with Gasteiger partial charge in [0.15, 0.2) is 12.6 Å². The maximum Gasteiger partial charge on any atom is 0.432 e. The molecule has 0 N–H and O–H groups in total. The molecule has 232 valence electrons. The van der Waals surface area contributed by atoms with Gasteiger partial charge >= 0.3 is 18.3 Å². The zero-order valence-corrected chi connectivity index (χ0v) is 22.6. The number of alkyl halides is 4. The summed E-state index contributed by atoms with van der Waals surface area (Å²) < 4.78 is 138. The summed E-state index contributed by atoms with van der Waals surface area (Å²) in [6, 6.07) is 4.27. The summed E-state index contributed by atoms with van der Waals surface area (Å²) in [7, 11) is 0. The van der Waals surface area contributed by atoms with E-state index in [2.05, 4.69) is 21.1 Å². The molecule has 0 unspecified atom stereocenters. The Labute approximate surface area is 237 Å². The van der Waals surface area contributed by atoms with Crippen molar-refractivity contribution < 1.29 is 58.8 Å². The number of rotatable bonds is 11. The van der Waals surface area contributed by atoms with E-state index in [0.29, 0.717) is 32.0 Å². The van der Waals surface area contributed by atoms with Crippen LogP contribution in [0.3, 0.4) is 0 Å². The van der Waals surface area contributed by atoms with Gasteiger partial charge in [0.25, 0.3) is 0 Å². The van der Waals surface area contributed by atoms with Crippen LogP contribution in [0.2, 0.25) is 0 Å². The molecular weight excluding hydrogens is 580 g/mol. The van der Waals surface area contributed by atoms with Crippen molar-refractivity contribution in [2.75, 3.05) is 13.2 Å². The first-order valence-corrected chi connectivity index (χ1v) is 13.5. The summed E-state index contributed by atoms with van der Waals surface area (Å²) in [5, 5.41) is 0. The molecule has 2 aliphatic rings. The summed E-state index contributed by atoms with van der Waals surface area (Å²) >= 11 is 0. The molecule has 1 saturated carbocycles. The quantitative estimate of drug-likeness (QED) is 0.188. The standard InChI is InChI=1S/C29H30F8O5/c1-2-3-17-14-39-27(40-15-17)18-4-6-19(7-5-18)28(34,35)42-22-12-23(30)26(24(31)13-22)29(36,37)41-21-10-8-20(9-11-21)38-16-25(32)33/h8-13,16-19,27H,2-7,14-15H2,1H3. The van der Waals surface area contributed by atoms with Gasteiger partial charge in [-0.1, -0.05) is 13.3 Å². The third kappa shape index (κ3) is 8.06. The van der Waals surface area contributed by atoms with E-state index in [0.717, 1.165) is 37.1 Å². The predicted octanol–water partition coefficient (Wildman–Crippen LogP) is 8.78. The third-order valence-corrected chi connectivity index (χ3v) is 7.24. The van der Waals surface area contributed by atoms with Crippen molar-refractivity contribution in [2.24, 2.45) is 17.8 Å². The Morgan fingerprint density at radius 3 is 1.98 bits per heavy atom. The maximum atomic E-state index is 15.0. The molecule has 2 aromatic rings. The highest BCUT2D eigenvalue weighted by Crippen LogP contribution is 2.43. The van der Waals surface area contributed by atoms with Gasteiger partial charge in [-0.05, 0) is 56.4 Å². The van der Waals surface area contributed by atoms with Gasteiger partial charge in [-0.25, -0.2) is 8.78 Å². The molecule has 4 rings (SSSR count). The second-order valence-electron chi connectivity index (χ2n) is 10.3. The minimum Gasteiger partial charge on any atom is -0.459 e. The van der Waals surface area contributed by atoms with Crippen LogP contribution >= 0.6 is 0 Å². The number of hydrogen-bond donors (Lipinski definition) is 0. The second kappa shape index (κ2) is 13.5. The molecule has 1 aliphatic heterocycles. The van der Waals surface area contributed by atoms with Crippen LogP contribution in [0.1, 0.15) is 51.0 Å². The molecule has 1 saturated heterocycles. The van der Waals surface area contributed by atoms with E-state index in [1.807, 2.05) is 0 Å². The lowest BCUT2D eigenvalue weighted by Gasteiger charge is -2.39. The van der Waals surface area contributed by atoms with Crippen LogP contribution in [0.5, 0.6) is 17.2 Å². The molecule has 2 aromatic carbocycles. The van der Waals surface area contributed by atoms with Gasteiger partial charge in [-0.3, -0.25) is 0 Å². The molecule has 0 aromatic heterocycles. The van der Waals surface area contributed by atoms with Gasteiger partial charge in [0.2, 0.25) is 0 Å². The smallest absolute Gasteiger partial charge is 0.432 e. The maximum absolute atomic E-state index is 15.0. The molecule has 0 spiro atoms. The first-order chi connectivity index (χ1) is 19.9. The first kappa shape index (κ1) is 31.9. The Morgan fingerprint density at radius 2 is 1.43 bits per heavy atom. The molecule has 0 atom stereocenters. The first-order valence-electron chi connectivity index (χ1n) is 13.5. The van der Waals surface area contributed by atoms with Crippen molar-refractivity contribution in [1.82, 2.24) is 0 Å². The van der Waals surface area contributed by atoms with Crippen molar-refractivity contribution in [3.63, 3.8) is 0 Å². The summed E-state index contributed by atoms with van der Waals surface area (Å²) in [4.78, 5) is 0.